The predicted molar refractivity (Wildman–Crippen MR) is 85.2 cm³/mol. The maximum atomic E-state index is 13.2. The molecule has 0 aliphatic carbocycles. The van der Waals surface area contributed by atoms with Crippen LogP contribution in [0.4, 0.5) is 8.78 Å². The summed E-state index contributed by atoms with van der Waals surface area (Å²) in [5, 5.41) is 0.275. The monoisotopic (exact) mass is 352 g/mol. The van der Waals surface area contributed by atoms with Crippen molar-refractivity contribution in [2.45, 2.75) is 18.9 Å². The zero-order valence-electron chi connectivity index (χ0n) is 12.7. The Bertz CT molecular complexity index is 749. The fourth-order valence-electron chi connectivity index (χ4n) is 2.64. The minimum Gasteiger partial charge on any atom is -0.490 e. The van der Waals surface area contributed by atoms with E-state index in [9.17, 15) is 13.6 Å². The lowest BCUT2D eigenvalue weighted by atomic mass is 10.1. The molecule has 0 unspecified atom stereocenters. The number of piperidine rings is 1. The van der Waals surface area contributed by atoms with Gasteiger partial charge in [-0.15, -0.1) is 0 Å². The van der Waals surface area contributed by atoms with E-state index in [1.165, 1.54) is 18.3 Å². The Balaban J connectivity index is 1.57. The highest BCUT2D eigenvalue weighted by Crippen LogP contribution is 2.22. The molecule has 1 aliphatic rings. The van der Waals surface area contributed by atoms with Gasteiger partial charge in [0.2, 0.25) is 0 Å². The van der Waals surface area contributed by atoms with Crippen molar-refractivity contribution in [3.8, 4) is 5.75 Å². The van der Waals surface area contributed by atoms with E-state index in [4.69, 9.17) is 16.3 Å². The number of amides is 1. The highest BCUT2D eigenvalue weighted by atomic mass is 35.5. The predicted octanol–water partition coefficient (Wildman–Crippen LogP) is 3.70. The lowest BCUT2D eigenvalue weighted by Gasteiger charge is -2.32. The largest absolute Gasteiger partial charge is 0.490 e. The van der Waals surface area contributed by atoms with Crippen molar-refractivity contribution < 1.29 is 18.3 Å². The van der Waals surface area contributed by atoms with Gasteiger partial charge in [0, 0.05) is 43.8 Å². The van der Waals surface area contributed by atoms with Gasteiger partial charge in [-0.25, -0.2) is 13.8 Å². The first kappa shape index (κ1) is 16.6. The van der Waals surface area contributed by atoms with E-state index in [0.717, 1.165) is 12.1 Å². The number of carbonyl (C=O) groups is 1. The number of hydrogen-bond acceptors (Lipinski definition) is 3. The highest BCUT2D eigenvalue weighted by molar-refractivity contribution is 6.29. The normalized spacial score (nSPS) is 15.4. The fraction of sp³-hybridized carbons (Fsp3) is 0.294. The average molecular weight is 353 g/mol. The molecule has 4 nitrogen and oxygen atoms in total. The third-order valence-corrected chi connectivity index (χ3v) is 4.10. The van der Waals surface area contributed by atoms with Crippen LogP contribution in [0.5, 0.6) is 5.75 Å². The lowest BCUT2D eigenvalue weighted by Crippen LogP contribution is -2.41. The third-order valence-electron chi connectivity index (χ3n) is 3.90. The molecule has 0 saturated carbocycles. The number of pyridine rings is 1. The minimum absolute atomic E-state index is 0.106. The smallest absolute Gasteiger partial charge is 0.254 e. The van der Waals surface area contributed by atoms with Crippen molar-refractivity contribution in [3.63, 3.8) is 0 Å². The molecule has 0 spiro atoms. The molecule has 0 atom stereocenters. The summed E-state index contributed by atoms with van der Waals surface area (Å²) in [6.07, 6.45) is 2.58. The second-order valence-electron chi connectivity index (χ2n) is 5.55. The van der Waals surface area contributed by atoms with E-state index in [-0.39, 0.29) is 17.2 Å². The molecular formula is C17H15ClF2N2O2. The number of rotatable bonds is 3. The molecule has 2 aromatic rings. The van der Waals surface area contributed by atoms with Crippen molar-refractivity contribution in [2.75, 3.05) is 13.1 Å². The molecule has 1 fully saturated rings. The molecular weight excluding hydrogens is 338 g/mol. The number of likely N-dealkylation sites (tertiary alicyclic amines) is 1. The SMILES string of the molecule is O=C(c1ccnc(Cl)c1)N1CCC(Oc2ccc(F)c(F)c2)CC1. The molecule has 0 bridgehead atoms. The molecule has 3 rings (SSSR count). The number of hydrogen-bond donors (Lipinski definition) is 0. The summed E-state index contributed by atoms with van der Waals surface area (Å²) in [5.74, 6) is -1.65. The summed E-state index contributed by atoms with van der Waals surface area (Å²) in [4.78, 5) is 18.0. The Morgan fingerprint density at radius 1 is 1.17 bits per heavy atom. The van der Waals surface area contributed by atoms with E-state index in [2.05, 4.69) is 4.98 Å². The molecule has 126 valence electrons. The molecule has 1 amide bonds. The Morgan fingerprint density at radius 3 is 2.58 bits per heavy atom. The lowest BCUT2D eigenvalue weighted by molar-refractivity contribution is 0.0595. The van der Waals surface area contributed by atoms with Crippen molar-refractivity contribution in [2.24, 2.45) is 0 Å². The average Bonchev–Trinajstić information content (AvgIpc) is 2.58. The molecule has 7 heteroatoms. The maximum Gasteiger partial charge on any atom is 0.254 e. The van der Waals surface area contributed by atoms with Crippen LogP contribution in [0.2, 0.25) is 5.15 Å². The Kier molecular flexibility index (Phi) is 4.94. The van der Waals surface area contributed by atoms with Crippen molar-refractivity contribution in [1.29, 1.82) is 0 Å². The van der Waals surface area contributed by atoms with Crippen molar-refractivity contribution >= 4 is 17.5 Å². The summed E-state index contributed by atoms with van der Waals surface area (Å²) in [6, 6.07) is 6.63. The molecule has 2 heterocycles. The quantitative estimate of drug-likeness (QED) is 0.791. The summed E-state index contributed by atoms with van der Waals surface area (Å²) < 4.78 is 31.8. The summed E-state index contributed by atoms with van der Waals surface area (Å²) in [6.45, 7) is 1.04. The van der Waals surface area contributed by atoms with E-state index >= 15 is 0 Å². The minimum atomic E-state index is -0.935. The molecule has 1 aromatic heterocycles. The summed E-state index contributed by atoms with van der Waals surface area (Å²) >= 11 is 5.81. The molecule has 1 aliphatic heterocycles. The Morgan fingerprint density at radius 2 is 1.92 bits per heavy atom. The van der Waals surface area contributed by atoms with Crippen LogP contribution in [0, 0.1) is 11.6 Å². The van der Waals surface area contributed by atoms with Crippen LogP contribution >= 0.6 is 11.6 Å². The Hall–Kier alpha value is -2.21. The second-order valence-corrected chi connectivity index (χ2v) is 5.94. The number of halogens is 3. The van der Waals surface area contributed by atoms with Gasteiger partial charge < -0.3 is 9.64 Å². The number of benzene rings is 1. The Labute approximate surface area is 143 Å². The molecule has 0 N–H and O–H groups in total. The topological polar surface area (TPSA) is 42.4 Å². The number of aromatic nitrogens is 1. The first-order chi connectivity index (χ1) is 11.5. The van der Waals surface area contributed by atoms with Crippen LogP contribution in [-0.2, 0) is 0 Å². The van der Waals surface area contributed by atoms with Gasteiger partial charge in [0.15, 0.2) is 11.6 Å². The van der Waals surface area contributed by atoms with Gasteiger partial charge in [-0.2, -0.15) is 0 Å². The molecule has 0 radical (unpaired) electrons. The van der Waals surface area contributed by atoms with Crippen LogP contribution in [0.15, 0.2) is 36.5 Å². The first-order valence-electron chi connectivity index (χ1n) is 7.55. The standard InChI is InChI=1S/C17H15ClF2N2O2/c18-16-9-11(3-6-21-16)17(23)22-7-4-12(5-8-22)24-13-1-2-14(19)15(20)10-13/h1-3,6,9-10,12H,4-5,7-8H2. The fourth-order valence-corrected chi connectivity index (χ4v) is 2.81. The van der Waals surface area contributed by atoms with Gasteiger partial charge in [0.1, 0.15) is 17.0 Å². The van der Waals surface area contributed by atoms with Crippen LogP contribution in [-0.4, -0.2) is 35.0 Å². The van der Waals surface area contributed by atoms with Gasteiger partial charge >= 0.3 is 0 Å². The number of nitrogens with zero attached hydrogens (tertiary/aromatic N) is 2. The van der Waals surface area contributed by atoms with E-state index < -0.39 is 11.6 Å². The number of carbonyl (C=O) groups excluding carboxylic acids is 1. The first-order valence-corrected chi connectivity index (χ1v) is 7.93. The molecule has 24 heavy (non-hydrogen) atoms. The molecule has 1 saturated heterocycles. The van der Waals surface area contributed by atoms with Gasteiger partial charge in [-0.1, -0.05) is 11.6 Å². The summed E-state index contributed by atoms with van der Waals surface area (Å²) in [5.41, 5.74) is 0.495. The third kappa shape index (κ3) is 3.82. The highest BCUT2D eigenvalue weighted by Gasteiger charge is 2.25. The number of ether oxygens (including phenoxy) is 1. The van der Waals surface area contributed by atoms with Gasteiger partial charge in [-0.05, 0) is 24.3 Å². The molecule has 1 aromatic carbocycles. The van der Waals surface area contributed by atoms with Crippen LogP contribution in [0.1, 0.15) is 23.2 Å². The van der Waals surface area contributed by atoms with E-state index in [1.807, 2.05) is 0 Å². The van der Waals surface area contributed by atoms with Gasteiger partial charge in [0.05, 0.1) is 0 Å². The van der Waals surface area contributed by atoms with Crippen LogP contribution in [0.3, 0.4) is 0 Å². The second kappa shape index (κ2) is 7.13. The zero-order chi connectivity index (χ0) is 17.1. The van der Waals surface area contributed by atoms with E-state index in [1.54, 1.807) is 11.0 Å². The van der Waals surface area contributed by atoms with Crippen LogP contribution < -0.4 is 4.74 Å². The maximum absolute atomic E-state index is 13.2. The van der Waals surface area contributed by atoms with E-state index in [0.29, 0.717) is 37.2 Å². The van der Waals surface area contributed by atoms with Gasteiger partial charge in [-0.3, -0.25) is 4.79 Å². The zero-order valence-corrected chi connectivity index (χ0v) is 13.5. The summed E-state index contributed by atoms with van der Waals surface area (Å²) in [7, 11) is 0. The van der Waals surface area contributed by atoms with Crippen molar-refractivity contribution in [3.05, 3.63) is 58.9 Å². The van der Waals surface area contributed by atoms with Crippen LogP contribution in [0.25, 0.3) is 0 Å². The van der Waals surface area contributed by atoms with Gasteiger partial charge in [0.25, 0.3) is 5.91 Å². The van der Waals surface area contributed by atoms with Crippen molar-refractivity contribution in [1.82, 2.24) is 9.88 Å².